The Morgan fingerprint density at radius 1 is 1.26 bits per heavy atom. The van der Waals surface area contributed by atoms with Gasteiger partial charge >= 0.3 is 0 Å². The number of sulfone groups is 1. The van der Waals surface area contributed by atoms with Gasteiger partial charge in [-0.3, -0.25) is 15.6 Å². The van der Waals surface area contributed by atoms with E-state index < -0.39 is 9.84 Å². The molecule has 1 amide bonds. The Balaban J connectivity index is 1.58. The minimum atomic E-state index is -3.18. The number of amides is 1. The SMILES string of the molecule is CS(=O)(=O)c1ccc(CNC(=O)C2CCCC3CNNC32)cc1. The fraction of sp³-hybridized carbons (Fsp3) is 0.562. The summed E-state index contributed by atoms with van der Waals surface area (Å²) in [5.41, 5.74) is 7.29. The number of benzene rings is 1. The number of fused-ring (bicyclic) bond motifs is 1. The van der Waals surface area contributed by atoms with Crippen LogP contribution in [0.2, 0.25) is 0 Å². The smallest absolute Gasteiger partial charge is 0.225 e. The number of carbonyl (C=O) groups excluding carboxylic acids is 1. The molecule has 1 heterocycles. The van der Waals surface area contributed by atoms with E-state index in [1.807, 2.05) is 0 Å². The van der Waals surface area contributed by atoms with Gasteiger partial charge in [0.2, 0.25) is 5.91 Å². The minimum absolute atomic E-state index is 0.000886. The maximum Gasteiger partial charge on any atom is 0.225 e. The molecule has 7 heteroatoms. The van der Waals surface area contributed by atoms with Gasteiger partial charge in [0.25, 0.3) is 0 Å². The van der Waals surface area contributed by atoms with E-state index in [2.05, 4.69) is 16.2 Å². The van der Waals surface area contributed by atoms with Gasteiger partial charge < -0.3 is 5.32 Å². The van der Waals surface area contributed by atoms with Crippen LogP contribution in [0, 0.1) is 11.8 Å². The summed E-state index contributed by atoms with van der Waals surface area (Å²) in [5.74, 6) is 0.607. The Labute approximate surface area is 136 Å². The molecule has 1 aromatic rings. The monoisotopic (exact) mass is 337 g/mol. The predicted octanol–water partition coefficient (Wildman–Crippen LogP) is 0.599. The Morgan fingerprint density at radius 2 is 2.00 bits per heavy atom. The van der Waals surface area contributed by atoms with Crippen molar-refractivity contribution in [3.05, 3.63) is 29.8 Å². The van der Waals surface area contributed by atoms with Crippen molar-refractivity contribution in [3.8, 4) is 0 Å². The first kappa shape index (κ1) is 16.4. The molecule has 2 aliphatic rings. The van der Waals surface area contributed by atoms with Crippen LogP contribution in [0.4, 0.5) is 0 Å². The molecule has 1 aliphatic carbocycles. The molecule has 3 rings (SSSR count). The third-order valence-electron chi connectivity index (χ3n) is 4.82. The third kappa shape index (κ3) is 3.73. The molecule has 0 radical (unpaired) electrons. The van der Waals surface area contributed by atoms with Crippen LogP contribution in [0.5, 0.6) is 0 Å². The number of hydrogen-bond acceptors (Lipinski definition) is 5. The van der Waals surface area contributed by atoms with Crippen LogP contribution in [-0.2, 0) is 21.2 Å². The van der Waals surface area contributed by atoms with Crippen LogP contribution in [0.15, 0.2) is 29.2 Å². The van der Waals surface area contributed by atoms with Crippen molar-refractivity contribution in [2.45, 2.75) is 36.7 Å². The summed E-state index contributed by atoms with van der Waals surface area (Å²) in [6.07, 6.45) is 4.35. The fourth-order valence-electron chi connectivity index (χ4n) is 3.51. The van der Waals surface area contributed by atoms with Gasteiger partial charge in [-0.1, -0.05) is 18.6 Å². The predicted molar refractivity (Wildman–Crippen MR) is 87.2 cm³/mol. The molecule has 3 N–H and O–H groups in total. The number of hydrazine groups is 1. The first-order chi connectivity index (χ1) is 10.9. The molecule has 23 heavy (non-hydrogen) atoms. The summed E-state index contributed by atoms with van der Waals surface area (Å²) >= 11 is 0. The zero-order chi connectivity index (χ0) is 16.4. The number of hydrogen-bond donors (Lipinski definition) is 3. The maximum atomic E-state index is 12.5. The number of carbonyl (C=O) groups is 1. The highest BCUT2D eigenvalue weighted by Gasteiger charge is 2.39. The molecule has 6 nitrogen and oxygen atoms in total. The van der Waals surface area contributed by atoms with E-state index in [-0.39, 0.29) is 17.9 Å². The van der Waals surface area contributed by atoms with Crippen molar-refractivity contribution in [1.29, 1.82) is 0 Å². The van der Waals surface area contributed by atoms with Gasteiger partial charge in [0.15, 0.2) is 9.84 Å². The van der Waals surface area contributed by atoms with E-state index in [9.17, 15) is 13.2 Å². The van der Waals surface area contributed by atoms with E-state index in [1.165, 1.54) is 12.7 Å². The van der Waals surface area contributed by atoms with E-state index in [0.717, 1.165) is 24.9 Å². The van der Waals surface area contributed by atoms with Crippen LogP contribution >= 0.6 is 0 Å². The molecule has 3 atom stereocenters. The average Bonchev–Trinajstić information content (AvgIpc) is 3.00. The van der Waals surface area contributed by atoms with Crippen molar-refractivity contribution in [3.63, 3.8) is 0 Å². The highest BCUT2D eigenvalue weighted by molar-refractivity contribution is 7.90. The normalized spacial score (nSPS) is 27.4. The van der Waals surface area contributed by atoms with Gasteiger partial charge in [-0.25, -0.2) is 8.42 Å². The van der Waals surface area contributed by atoms with Crippen molar-refractivity contribution >= 4 is 15.7 Å². The summed E-state index contributed by atoms with van der Waals surface area (Å²) in [6, 6.07) is 6.87. The number of rotatable bonds is 4. The van der Waals surface area contributed by atoms with Crippen LogP contribution in [0.25, 0.3) is 0 Å². The Morgan fingerprint density at radius 3 is 2.70 bits per heavy atom. The van der Waals surface area contributed by atoms with Crippen LogP contribution in [-0.4, -0.2) is 33.2 Å². The van der Waals surface area contributed by atoms with E-state index in [1.54, 1.807) is 24.3 Å². The first-order valence-corrected chi connectivity index (χ1v) is 9.89. The third-order valence-corrected chi connectivity index (χ3v) is 5.95. The van der Waals surface area contributed by atoms with Gasteiger partial charge in [0, 0.05) is 25.4 Å². The molecule has 126 valence electrons. The molecule has 0 aromatic heterocycles. The van der Waals surface area contributed by atoms with Gasteiger partial charge in [0.05, 0.1) is 10.8 Å². The zero-order valence-corrected chi connectivity index (χ0v) is 14.0. The lowest BCUT2D eigenvalue weighted by molar-refractivity contribution is -0.127. The summed E-state index contributed by atoms with van der Waals surface area (Å²) in [5, 5.41) is 2.98. The lowest BCUT2D eigenvalue weighted by Gasteiger charge is -2.31. The van der Waals surface area contributed by atoms with Gasteiger partial charge in [-0.15, -0.1) is 0 Å². The minimum Gasteiger partial charge on any atom is -0.352 e. The van der Waals surface area contributed by atoms with Crippen molar-refractivity contribution < 1.29 is 13.2 Å². The zero-order valence-electron chi connectivity index (χ0n) is 13.2. The van der Waals surface area contributed by atoms with Crippen molar-refractivity contribution in [1.82, 2.24) is 16.2 Å². The van der Waals surface area contributed by atoms with Gasteiger partial charge in [-0.05, 0) is 36.5 Å². The first-order valence-electron chi connectivity index (χ1n) is 8.00. The molecule has 1 aliphatic heterocycles. The van der Waals surface area contributed by atoms with E-state index in [0.29, 0.717) is 17.4 Å². The summed E-state index contributed by atoms with van der Waals surface area (Å²) < 4.78 is 22.9. The van der Waals surface area contributed by atoms with Crippen LogP contribution in [0.3, 0.4) is 0 Å². The standard InChI is InChI=1S/C16H23N3O3S/c1-23(21,22)13-7-5-11(6-8-13)9-17-16(20)14-4-2-3-12-10-18-19-15(12)14/h5-8,12,14-15,18-19H,2-4,9-10H2,1H3,(H,17,20). The quantitative estimate of drug-likeness (QED) is 0.749. The molecule has 1 saturated carbocycles. The largest absolute Gasteiger partial charge is 0.352 e. The Bertz CT molecular complexity index is 672. The van der Waals surface area contributed by atoms with Gasteiger partial charge in [-0.2, -0.15) is 0 Å². The summed E-state index contributed by atoms with van der Waals surface area (Å²) in [6.45, 7) is 1.35. The molecule has 1 aromatic carbocycles. The van der Waals surface area contributed by atoms with E-state index >= 15 is 0 Å². The van der Waals surface area contributed by atoms with Gasteiger partial charge in [0.1, 0.15) is 0 Å². The maximum absolute atomic E-state index is 12.5. The van der Waals surface area contributed by atoms with Crippen LogP contribution in [0.1, 0.15) is 24.8 Å². The second-order valence-corrected chi connectivity index (χ2v) is 8.50. The summed E-state index contributed by atoms with van der Waals surface area (Å²) in [7, 11) is -3.18. The molecular weight excluding hydrogens is 314 g/mol. The molecule has 2 fully saturated rings. The van der Waals surface area contributed by atoms with Crippen LogP contribution < -0.4 is 16.2 Å². The topological polar surface area (TPSA) is 87.3 Å². The molecule has 3 unspecified atom stereocenters. The van der Waals surface area contributed by atoms with Crippen molar-refractivity contribution in [2.75, 3.05) is 12.8 Å². The summed E-state index contributed by atoms with van der Waals surface area (Å²) in [4.78, 5) is 12.8. The number of nitrogens with one attached hydrogen (secondary N) is 3. The molecular formula is C16H23N3O3S. The molecule has 0 spiro atoms. The second-order valence-electron chi connectivity index (χ2n) is 6.48. The second kappa shape index (κ2) is 6.59. The van der Waals surface area contributed by atoms with Crippen molar-refractivity contribution in [2.24, 2.45) is 11.8 Å². The Hall–Kier alpha value is -1.44. The average molecular weight is 337 g/mol. The fourth-order valence-corrected chi connectivity index (χ4v) is 4.14. The lowest BCUT2D eigenvalue weighted by Crippen LogP contribution is -2.47. The molecule has 1 saturated heterocycles. The Kier molecular flexibility index (Phi) is 4.70. The van der Waals surface area contributed by atoms with E-state index in [4.69, 9.17) is 0 Å². The lowest BCUT2D eigenvalue weighted by atomic mass is 9.77. The highest BCUT2D eigenvalue weighted by atomic mass is 32.2. The molecule has 0 bridgehead atoms. The highest BCUT2D eigenvalue weighted by Crippen LogP contribution is 2.31.